The molecule has 0 bridgehead atoms. The monoisotopic (exact) mass is 349 g/mol. The average Bonchev–Trinajstić information content (AvgIpc) is 3.16. The number of anilines is 1. The molecule has 5 heteroatoms. The molecule has 1 aromatic heterocycles. The Morgan fingerprint density at radius 3 is 2.56 bits per heavy atom. The fourth-order valence-electron chi connectivity index (χ4n) is 2.93. The predicted octanol–water partition coefficient (Wildman–Crippen LogP) is 4.14. The summed E-state index contributed by atoms with van der Waals surface area (Å²) in [5.74, 6) is -0.764. The number of thiophene rings is 1. The molecule has 0 spiro atoms. The number of amides is 1. The van der Waals surface area contributed by atoms with E-state index in [9.17, 15) is 9.59 Å². The quantitative estimate of drug-likeness (QED) is 0.723. The lowest BCUT2D eigenvalue weighted by Crippen LogP contribution is -2.38. The molecule has 4 rings (SSSR count). The molecule has 0 unspecified atom stereocenters. The second kappa shape index (κ2) is 6.53. The summed E-state index contributed by atoms with van der Waals surface area (Å²) in [5, 5.41) is 4.90. The summed E-state index contributed by atoms with van der Waals surface area (Å²) >= 11 is 1.61. The Balaban J connectivity index is 1.57. The third-order valence-corrected chi connectivity index (χ3v) is 5.06. The van der Waals surface area contributed by atoms with Crippen molar-refractivity contribution in [2.75, 3.05) is 5.32 Å². The Morgan fingerprint density at radius 2 is 1.76 bits per heavy atom. The zero-order valence-corrected chi connectivity index (χ0v) is 14.1. The topological polar surface area (TPSA) is 55.4 Å². The van der Waals surface area contributed by atoms with Crippen molar-refractivity contribution in [3.63, 3.8) is 0 Å². The van der Waals surface area contributed by atoms with Crippen LogP contribution in [0.15, 0.2) is 66.0 Å². The number of ether oxygens (including phenoxy) is 1. The maximum absolute atomic E-state index is 12.7. The van der Waals surface area contributed by atoms with Gasteiger partial charge in [0.05, 0.1) is 5.56 Å². The van der Waals surface area contributed by atoms with Crippen LogP contribution in [-0.2, 0) is 16.0 Å². The van der Waals surface area contributed by atoms with Crippen LogP contribution in [0.4, 0.5) is 5.69 Å². The number of hydrogen-bond acceptors (Lipinski definition) is 4. The van der Waals surface area contributed by atoms with E-state index in [-0.39, 0.29) is 5.91 Å². The number of nitrogens with one attached hydrogen (secondary N) is 1. The SMILES string of the molecule is O=C1O[C@H](C(=O)Nc2ccccc2-c2cccs2)Cc2ccccc21. The number of esters is 1. The molecular weight excluding hydrogens is 334 g/mol. The van der Waals surface area contributed by atoms with Gasteiger partial charge in [-0.05, 0) is 29.1 Å². The lowest BCUT2D eigenvalue weighted by atomic mass is 9.98. The first kappa shape index (κ1) is 15.6. The molecule has 0 aliphatic carbocycles. The van der Waals surface area contributed by atoms with Crippen molar-refractivity contribution in [3.8, 4) is 10.4 Å². The minimum atomic E-state index is -0.821. The van der Waals surface area contributed by atoms with E-state index in [1.54, 1.807) is 23.5 Å². The zero-order valence-electron chi connectivity index (χ0n) is 13.3. The minimum Gasteiger partial charge on any atom is -0.448 e. The fraction of sp³-hybridized carbons (Fsp3) is 0.100. The van der Waals surface area contributed by atoms with Crippen molar-refractivity contribution in [2.45, 2.75) is 12.5 Å². The largest absolute Gasteiger partial charge is 0.448 e. The van der Waals surface area contributed by atoms with Crippen molar-refractivity contribution in [1.29, 1.82) is 0 Å². The van der Waals surface area contributed by atoms with E-state index < -0.39 is 12.1 Å². The summed E-state index contributed by atoms with van der Waals surface area (Å²) in [6, 6.07) is 18.8. The van der Waals surface area contributed by atoms with Crippen LogP contribution in [0.5, 0.6) is 0 Å². The Labute approximate surface area is 149 Å². The second-order valence-electron chi connectivity index (χ2n) is 5.77. The van der Waals surface area contributed by atoms with Gasteiger partial charge in [0.25, 0.3) is 5.91 Å². The van der Waals surface area contributed by atoms with Gasteiger partial charge in [0, 0.05) is 22.5 Å². The highest BCUT2D eigenvalue weighted by Crippen LogP contribution is 2.32. The molecule has 0 radical (unpaired) electrons. The van der Waals surface area contributed by atoms with Crippen LogP contribution in [0.1, 0.15) is 15.9 Å². The van der Waals surface area contributed by atoms with Crippen molar-refractivity contribution in [3.05, 3.63) is 77.2 Å². The number of para-hydroxylation sites is 1. The number of hydrogen-bond donors (Lipinski definition) is 1. The third kappa shape index (κ3) is 3.06. The van der Waals surface area contributed by atoms with Crippen molar-refractivity contribution in [1.82, 2.24) is 0 Å². The summed E-state index contributed by atoms with van der Waals surface area (Å²) in [6.07, 6.45) is -0.437. The van der Waals surface area contributed by atoms with E-state index in [1.165, 1.54) is 0 Å². The number of carbonyl (C=O) groups excluding carboxylic acids is 2. The Kier molecular flexibility index (Phi) is 4.07. The summed E-state index contributed by atoms with van der Waals surface area (Å²) < 4.78 is 5.33. The van der Waals surface area contributed by atoms with E-state index in [0.717, 1.165) is 16.0 Å². The first-order valence-electron chi connectivity index (χ1n) is 7.95. The first-order chi connectivity index (χ1) is 12.2. The lowest BCUT2D eigenvalue weighted by Gasteiger charge is -2.24. The normalized spacial score (nSPS) is 16.0. The molecule has 4 nitrogen and oxygen atoms in total. The van der Waals surface area contributed by atoms with Gasteiger partial charge in [0.1, 0.15) is 0 Å². The van der Waals surface area contributed by atoms with E-state index >= 15 is 0 Å². The van der Waals surface area contributed by atoms with Crippen LogP contribution in [0, 0.1) is 0 Å². The molecule has 25 heavy (non-hydrogen) atoms. The van der Waals surface area contributed by atoms with Gasteiger partial charge in [-0.1, -0.05) is 42.5 Å². The third-order valence-electron chi connectivity index (χ3n) is 4.16. The standard InChI is InChI=1S/C20H15NO3S/c22-19(17-12-13-6-1-2-7-14(13)20(23)24-17)21-16-9-4-3-8-15(16)18-10-5-11-25-18/h1-11,17H,12H2,(H,21,22)/t17-/m0/s1. The van der Waals surface area contributed by atoms with Crippen LogP contribution < -0.4 is 5.32 Å². The first-order valence-corrected chi connectivity index (χ1v) is 8.83. The van der Waals surface area contributed by atoms with Crippen molar-refractivity contribution < 1.29 is 14.3 Å². The summed E-state index contributed by atoms with van der Waals surface area (Å²) in [4.78, 5) is 25.8. The molecule has 0 saturated heterocycles. The Bertz CT molecular complexity index is 934. The van der Waals surface area contributed by atoms with Gasteiger partial charge < -0.3 is 10.1 Å². The van der Waals surface area contributed by atoms with Crippen LogP contribution in [0.2, 0.25) is 0 Å². The fourth-order valence-corrected chi connectivity index (χ4v) is 3.70. The van der Waals surface area contributed by atoms with Gasteiger partial charge in [0.2, 0.25) is 0 Å². The highest BCUT2D eigenvalue weighted by molar-refractivity contribution is 7.13. The molecule has 2 heterocycles. The van der Waals surface area contributed by atoms with Gasteiger partial charge in [-0.25, -0.2) is 4.79 Å². The number of cyclic esters (lactones) is 1. The average molecular weight is 349 g/mol. The van der Waals surface area contributed by atoms with Crippen LogP contribution in [0.25, 0.3) is 10.4 Å². The summed E-state index contributed by atoms with van der Waals surface area (Å²) in [5.41, 5.74) is 3.04. The van der Waals surface area contributed by atoms with Gasteiger partial charge in [0.15, 0.2) is 6.10 Å². The van der Waals surface area contributed by atoms with E-state index in [4.69, 9.17) is 4.74 Å². The van der Waals surface area contributed by atoms with Gasteiger partial charge >= 0.3 is 5.97 Å². The smallest absolute Gasteiger partial charge is 0.339 e. The number of benzene rings is 2. The summed E-state index contributed by atoms with van der Waals surface area (Å²) in [6.45, 7) is 0. The second-order valence-corrected chi connectivity index (χ2v) is 6.72. The van der Waals surface area contributed by atoms with Crippen LogP contribution >= 0.6 is 11.3 Å². The molecule has 3 aromatic rings. The zero-order chi connectivity index (χ0) is 17.2. The minimum absolute atomic E-state index is 0.313. The maximum atomic E-state index is 12.7. The number of rotatable bonds is 3. The highest BCUT2D eigenvalue weighted by Gasteiger charge is 2.31. The molecule has 2 aromatic carbocycles. The molecule has 1 aliphatic heterocycles. The van der Waals surface area contributed by atoms with E-state index in [0.29, 0.717) is 17.7 Å². The van der Waals surface area contributed by atoms with Gasteiger partial charge in [-0.3, -0.25) is 4.79 Å². The molecule has 0 saturated carbocycles. The van der Waals surface area contributed by atoms with Gasteiger partial charge in [-0.15, -0.1) is 11.3 Å². The van der Waals surface area contributed by atoms with Crippen molar-refractivity contribution >= 4 is 28.9 Å². The van der Waals surface area contributed by atoms with E-state index in [1.807, 2.05) is 53.9 Å². The van der Waals surface area contributed by atoms with Gasteiger partial charge in [-0.2, -0.15) is 0 Å². The molecule has 1 atom stereocenters. The van der Waals surface area contributed by atoms with Crippen LogP contribution in [0.3, 0.4) is 0 Å². The molecular formula is C20H15NO3S. The lowest BCUT2D eigenvalue weighted by molar-refractivity contribution is -0.125. The molecule has 1 aliphatic rings. The van der Waals surface area contributed by atoms with Crippen molar-refractivity contribution in [2.24, 2.45) is 0 Å². The number of carbonyl (C=O) groups is 2. The summed E-state index contributed by atoms with van der Waals surface area (Å²) in [7, 11) is 0. The molecule has 1 amide bonds. The Hall–Kier alpha value is -2.92. The molecule has 1 N–H and O–H groups in total. The van der Waals surface area contributed by atoms with Crippen LogP contribution in [-0.4, -0.2) is 18.0 Å². The Morgan fingerprint density at radius 1 is 1.00 bits per heavy atom. The predicted molar refractivity (Wildman–Crippen MR) is 97.7 cm³/mol. The van der Waals surface area contributed by atoms with E-state index in [2.05, 4.69) is 5.32 Å². The highest BCUT2D eigenvalue weighted by atomic mass is 32.1. The number of fused-ring (bicyclic) bond motifs is 1. The molecule has 124 valence electrons. The molecule has 0 fully saturated rings. The maximum Gasteiger partial charge on any atom is 0.339 e.